The quantitative estimate of drug-likeness (QED) is 0.0552. The number of aromatic amines is 1. The lowest BCUT2D eigenvalue weighted by Crippen LogP contribution is -2.98. The van der Waals surface area contributed by atoms with Gasteiger partial charge in [-0.1, -0.05) is 44.5 Å². The molecular weight excluding hydrogens is 915 g/mol. The molecule has 4 fully saturated rings. The highest BCUT2D eigenvalue weighted by Gasteiger charge is 2.49. The number of carbonyl (C=O) groups is 1. The van der Waals surface area contributed by atoms with E-state index in [1.165, 1.54) is 55.8 Å². The van der Waals surface area contributed by atoms with Crippen LogP contribution in [0.3, 0.4) is 0 Å². The lowest BCUT2D eigenvalue weighted by Gasteiger charge is -2.57. The van der Waals surface area contributed by atoms with Gasteiger partial charge in [0.25, 0.3) is 21.9 Å². The van der Waals surface area contributed by atoms with E-state index in [0.29, 0.717) is 48.6 Å². The smallest absolute Gasteiger partial charge is 0.268 e. The molecule has 14 nitrogen and oxygen atoms in total. The zero-order valence-electron chi connectivity index (χ0n) is 40.2. The molecule has 1 amide bonds. The number of carbonyl (C=O) groups excluding carboxylic acids is 1. The summed E-state index contributed by atoms with van der Waals surface area (Å²) < 4.78 is 67.5. The number of nitrogens with one attached hydrogen (secondary N) is 4. The predicted molar refractivity (Wildman–Crippen MR) is 266 cm³/mol. The van der Waals surface area contributed by atoms with Crippen molar-refractivity contribution in [3.8, 4) is 11.5 Å². The number of likely N-dealkylation sites (tertiary alicyclic amines) is 1. The highest BCUT2D eigenvalue weighted by Crippen LogP contribution is 2.49. The number of anilines is 2. The van der Waals surface area contributed by atoms with E-state index in [4.69, 9.17) is 4.74 Å². The molecule has 3 aromatic carbocycles. The number of benzene rings is 3. The molecule has 10 rings (SSSR count). The molecule has 6 aromatic rings. The summed E-state index contributed by atoms with van der Waals surface area (Å²) in [5.41, 5.74) is 3.55. The number of sulfonamides is 1. The second-order valence-electron chi connectivity index (χ2n) is 20.9. The minimum Gasteiger partial charge on any atom is -0.629 e. The van der Waals surface area contributed by atoms with Crippen molar-refractivity contribution in [2.24, 2.45) is 11.3 Å². The molecule has 3 atom stereocenters. The minimum absolute atomic E-state index is 0.0307. The number of halogens is 2. The van der Waals surface area contributed by atoms with Crippen LogP contribution in [0.2, 0.25) is 0 Å². The first kappa shape index (κ1) is 47.9. The predicted octanol–water partition coefficient (Wildman–Crippen LogP) is 8.66. The number of hydrogen-bond donors (Lipinski definition) is 5. The molecule has 2 saturated heterocycles. The maximum Gasteiger partial charge on any atom is 0.268 e. The molecule has 70 heavy (non-hydrogen) atoms. The van der Waals surface area contributed by atoms with Crippen LogP contribution >= 0.6 is 0 Å². The van der Waals surface area contributed by atoms with E-state index in [1.54, 1.807) is 24.3 Å². The molecule has 2 saturated carbocycles. The van der Waals surface area contributed by atoms with Crippen LogP contribution in [-0.2, 0) is 10.0 Å². The zero-order chi connectivity index (χ0) is 49.1. The van der Waals surface area contributed by atoms with E-state index >= 15 is 4.39 Å². The molecular formula is C53H62F2N8O6S. The van der Waals surface area contributed by atoms with Gasteiger partial charge in [-0.2, -0.15) is 9.37 Å². The summed E-state index contributed by atoms with van der Waals surface area (Å²) in [5, 5.41) is 26.8. The van der Waals surface area contributed by atoms with Crippen LogP contribution in [-0.4, -0.2) is 90.7 Å². The Morgan fingerprint density at radius 2 is 1.74 bits per heavy atom. The maximum atomic E-state index is 15.6. The normalized spacial score (nSPS) is 23.2. The standard InChI is InChI=1S/C53H62F2N8O6S/c1-32(2)35-9-5-6-10-36(35)37-11-7-13-42(37)63-30-53(31-63)20-23-62(24-21-53)34-14-15-38(44(25-34)69-45-26-40-41(54)29-58-50(40)59-49(45)55)51(64)60-70(67,68)46-27-43(61(4)66)48(47-39(46)12-8-22-56-47)57-28-33-16-18-52(3,65)19-17-33/h5-6,8-10,12,14-15,22,25-27,29,32-33,37,42,57,61,65H,7,11,13,16-21,23-24,28,30-31H2,1-4H3,(H,58,59)(H,60,64)/t33?,37-,42-,52?/m0/s1. The summed E-state index contributed by atoms with van der Waals surface area (Å²) in [6.45, 7) is 10.4. The Bertz CT molecular complexity index is 3050. The topological polar surface area (TPSA) is 180 Å². The third-order valence-electron chi connectivity index (χ3n) is 15.7. The van der Waals surface area contributed by atoms with Gasteiger partial charge in [-0.15, -0.1) is 0 Å². The SMILES string of the molecule is CC(C)c1ccccc1[C@@H]1CCC[C@@H]1N1CC2(CCN(c3ccc(C(=O)NS(=O)(=O)c4cc([NH+](C)[O-])c(NCC5CCC(C)(O)CC5)c5ncccc45)c(Oc4cc5c(F)c[nH]c5nc4F)c3)CC2)C1. The van der Waals surface area contributed by atoms with Crippen molar-refractivity contribution < 1.29 is 36.9 Å². The summed E-state index contributed by atoms with van der Waals surface area (Å²) in [5.74, 6) is -2.22. The number of hydrogen-bond acceptors (Lipinski definition) is 11. The van der Waals surface area contributed by atoms with Crippen molar-refractivity contribution >= 4 is 54.9 Å². The molecule has 5 N–H and O–H groups in total. The number of rotatable bonds is 13. The van der Waals surface area contributed by atoms with Crippen LogP contribution in [0.25, 0.3) is 21.9 Å². The Morgan fingerprint density at radius 3 is 2.49 bits per heavy atom. The number of H-pyrrole nitrogens is 1. The number of ether oxygens (including phenoxy) is 1. The second kappa shape index (κ2) is 18.8. The number of amides is 1. The van der Waals surface area contributed by atoms with Crippen LogP contribution in [0, 0.1) is 28.3 Å². The average molecular weight is 977 g/mol. The highest BCUT2D eigenvalue weighted by molar-refractivity contribution is 7.90. The fourth-order valence-corrected chi connectivity index (χ4v) is 12.9. The minimum atomic E-state index is -4.71. The molecule has 3 aromatic heterocycles. The molecule has 5 heterocycles. The van der Waals surface area contributed by atoms with E-state index < -0.39 is 44.1 Å². The summed E-state index contributed by atoms with van der Waals surface area (Å²) in [6.07, 6.45) is 10.9. The fourth-order valence-electron chi connectivity index (χ4n) is 11.7. The Kier molecular flexibility index (Phi) is 12.9. The van der Waals surface area contributed by atoms with Crippen LogP contribution in [0.1, 0.15) is 112 Å². The van der Waals surface area contributed by atoms with Crippen molar-refractivity contribution in [3.05, 3.63) is 113 Å². The molecule has 2 aliphatic carbocycles. The van der Waals surface area contributed by atoms with Gasteiger partial charge in [0, 0.05) is 74.4 Å². The summed E-state index contributed by atoms with van der Waals surface area (Å²) >= 11 is 0. The molecule has 17 heteroatoms. The number of fused-ring (bicyclic) bond motifs is 2. The number of aliphatic hydroxyl groups is 1. The van der Waals surface area contributed by atoms with Crippen LogP contribution in [0.15, 0.2) is 84.0 Å². The number of aromatic nitrogens is 3. The maximum absolute atomic E-state index is 15.6. The van der Waals surface area contributed by atoms with E-state index in [1.807, 2.05) is 6.92 Å². The lowest BCUT2D eigenvalue weighted by molar-refractivity contribution is -0.750. The number of nitrogens with zero attached hydrogens (tertiary/aromatic N) is 4. The van der Waals surface area contributed by atoms with Crippen molar-refractivity contribution in [1.29, 1.82) is 0 Å². The van der Waals surface area contributed by atoms with Gasteiger partial charge in [0.2, 0.25) is 0 Å². The van der Waals surface area contributed by atoms with E-state index in [0.717, 1.165) is 64.1 Å². The summed E-state index contributed by atoms with van der Waals surface area (Å²) in [7, 11) is -3.38. The third-order valence-corrected chi connectivity index (χ3v) is 17.1. The number of quaternary nitrogens is 1. The Balaban J connectivity index is 0.898. The van der Waals surface area contributed by atoms with Gasteiger partial charge in [-0.3, -0.25) is 14.7 Å². The van der Waals surface area contributed by atoms with Gasteiger partial charge in [0.15, 0.2) is 11.4 Å². The fraction of sp³-hybridized carbons (Fsp3) is 0.453. The lowest BCUT2D eigenvalue weighted by atomic mass is 9.70. The van der Waals surface area contributed by atoms with Gasteiger partial charge in [0.05, 0.1) is 23.6 Å². The number of hydroxylamine groups is 1. The first-order chi connectivity index (χ1) is 33.5. The Labute approximate surface area is 407 Å². The van der Waals surface area contributed by atoms with Gasteiger partial charge in [-0.05, 0) is 123 Å². The molecule has 2 aliphatic heterocycles. The largest absolute Gasteiger partial charge is 0.629 e. The van der Waals surface area contributed by atoms with E-state index in [-0.39, 0.29) is 55.2 Å². The molecule has 1 spiro atoms. The molecule has 370 valence electrons. The van der Waals surface area contributed by atoms with E-state index in [2.05, 4.69) is 72.9 Å². The van der Waals surface area contributed by atoms with Crippen molar-refractivity contribution in [2.75, 3.05) is 50.0 Å². The van der Waals surface area contributed by atoms with Gasteiger partial charge in [0.1, 0.15) is 33.3 Å². The van der Waals surface area contributed by atoms with Crippen molar-refractivity contribution in [3.63, 3.8) is 0 Å². The third kappa shape index (κ3) is 9.34. The second-order valence-corrected chi connectivity index (χ2v) is 22.5. The van der Waals surface area contributed by atoms with Gasteiger partial charge in [-0.25, -0.2) is 17.5 Å². The van der Waals surface area contributed by atoms with E-state index in [9.17, 15) is 27.9 Å². The van der Waals surface area contributed by atoms with Gasteiger partial charge >= 0.3 is 0 Å². The van der Waals surface area contributed by atoms with Crippen LogP contribution in [0.4, 0.5) is 25.8 Å². The van der Waals surface area contributed by atoms with Gasteiger partial charge < -0.3 is 35.3 Å². The number of piperidine rings is 1. The Morgan fingerprint density at radius 1 is 0.986 bits per heavy atom. The number of pyridine rings is 2. The first-order valence-electron chi connectivity index (χ1n) is 24.7. The van der Waals surface area contributed by atoms with Crippen molar-refractivity contribution in [1.82, 2.24) is 24.6 Å². The van der Waals surface area contributed by atoms with Crippen molar-refractivity contribution in [2.45, 2.75) is 107 Å². The molecule has 0 bridgehead atoms. The monoisotopic (exact) mass is 976 g/mol. The Hall–Kier alpha value is -5.72. The highest BCUT2D eigenvalue weighted by atomic mass is 32.2. The summed E-state index contributed by atoms with van der Waals surface area (Å²) in [6, 6.07) is 19.7. The summed E-state index contributed by atoms with van der Waals surface area (Å²) in [4.78, 5) is 29.8. The molecule has 0 radical (unpaired) electrons. The van der Waals surface area contributed by atoms with Crippen LogP contribution in [0.5, 0.6) is 11.5 Å². The molecule has 1 unspecified atom stereocenters. The zero-order valence-corrected chi connectivity index (χ0v) is 41.0. The van der Waals surface area contributed by atoms with Crippen LogP contribution < -0.4 is 24.7 Å². The first-order valence-corrected chi connectivity index (χ1v) is 26.2. The average Bonchev–Trinajstić information content (AvgIpc) is 3.96. The molecule has 4 aliphatic rings.